The van der Waals surface area contributed by atoms with Gasteiger partial charge in [0.1, 0.15) is 0 Å². The Morgan fingerprint density at radius 1 is 1.47 bits per heavy atom. The SMILES string of the molecule is CSCCCCNc1cnn(C(C)C)c1. The Kier molecular flexibility index (Phi) is 5.61. The van der Waals surface area contributed by atoms with Crippen LogP contribution in [0.1, 0.15) is 32.7 Å². The summed E-state index contributed by atoms with van der Waals surface area (Å²) in [5.74, 6) is 1.26. The lowest BCUT2D eigenvalue weighted by atomic mass is 10.3. The van der Waals surface area contributed by atoms with Crippen LogP contribution in [-0.2, 0) is 0 Å². The first-order valence-electron chi connectivity index (χ1n) is 5.51. The first-order chi connectivity index (χ1) is 7.24. The predicted octanol–water partition coefficient (Wildman–Crippen LogP) is 3.02. The van der Waals surface area contributed by atoms with E-state index in [0.717, 1.165) is 12.2 Å². The fourth-order valence-electron chi connectivity index (χ4n) is 1.32. The van der Waals surface area contributed by atoms with Gasteiger partial charge in [0.05, 0.1) is 11.9 Å². The average molecular weight is 227 g/mol. The van der Waals surface area contributed by atoms with Crippen molar-refractivity contribution in [2.75, 3.05) is 23.9 Å². The molecule has 0 aliphatic rings. The molecule has 15 heavy (non-hydrogen) atoms. The van der Waals surface area contributed by atoms with Crippen LogP contribution in [0, 0.1) is 0 Å². The molecule has 0 fully saturated rings. The molecule has 0 radical (unpaired) electrons. The third-order valence-corrected chi connectivity index (χ3v) is 2.93. The Balaban J connectivity index is 2.20. The van der Waals surface area contributed by atoms with Crippen LogP contribution in [0.4, 0.5) is 5.69 Å². The summed E-state index contributed by atoms with van der Waals surface area (Å²) < 4.78 is 1.98. The summed E-state index contributed by atoms with van der Waals surface area (Å²) in [5, 5.41) is 7.67. The number of nitrogens with one attached hydrogen (secondary N) is 1. The first kappa shape index (κ1) is 12.4. The number of anilines is 1. The average Bonchev–Trinajstić information content (AvgIpc) is 2.66. The van der Waals surface area contributed by atoms with Crippen LogP contribution in [0.25, 0.3) is 0 Å². The van der Waals surface area contributed by atoms with Gasteiger partial charge in [0.15, 0.2) is 0 Å². The number of hydrogen-bond donors (Lipinski definition) is 1. The fraction of sp³-hybridized carbons (Fsp3) is 0.727. The highest BCUT2D eigenvalue weighted by Crippen LogP contribution is 2.10. The molecule has 0 saturated carbocycles. The zero-order valence-electron chi connectivity index (χ0n) is 9.86. The molecule has 1 heterocycles. The molecule has 4 heteroatoms. The maximum atomic E-state index is 4.28. The Bertz CT molecular complexity index is 271. The summed E-state index contributed by atoms with van der Waals surface area (Å²) in [4.78, 5) is 0. The molecule has 0 unspecified atom stereocenters. The second-order valence-electron chi connectivity index (χ2n) is 3.93. The zero-order valence-corrected chi connectivity index (χ0v) is 10.7. The Morgan fingerprint density at radius 3 is 2.87 bits per heavy atom. The van der Waals surface area contributed by atoms with Gasteiger partial charge >= 0.3 is 0 Å². The highest BCUT2D eigenvalue weighted by Gasteiger charge is 2.00. The molecule has 0 atom stereocenters. The molecule has 1 aromatic heterocycles. The van der Waals surface area contributed by atoms with Crippen molar-refractivity contribution in [3.05, 3.63) is 12.4 Å². The van der Waals surface area contributed by atoms with Crippen molar-refractivity contribution in [1.29, 1.82) is 0 Å². The minimum atomic E-state index is 0.442. The van der Waals surface area contributed by atoms with Crippen LogP contribution >= 0.6 is 11.8 Å². The van der Waals surface area contributed by atoms with Crippen LogP contribution < -0.4 is 5.32 Å². The molecule has 86 valence electrons. The van der Waals surface area contributed by atoms with E-state index in [2.05, 4.69) is 36.7 Å². The monoisotopic (exact) mass is 227 g/mol. The molecule has 3 nitrogen and oxygen atoms in total. The van der Waals surface area contributed by atoms with Gasteiger partial charge < -0.3 is 5.32 Å². The quantitative estimate of drug-likeness (QED) is 0.726. The molecule has 0 aliphatic heterocycles. The molecule has 0 aromatic carbocycles. The molecule has 1 aromatic rings. The van der Waals surface area contributed by atoms with E-state index in [9.17, 15) is 0 Å². The van der Waals surface area contributed by atoms with Gasteiger partial charge in [-0.25, -0.2) is 0 Å². The second kappa shape index (κ2) is 6.77. The summed E-state index contributed by atoms with van der Waals surface area (Å²) in [6, 6.07) is 0.442. The maximum absolute atomic E-state index is 4.28. The Morgan fingerprint density at radius 2 is 2.27 bits per heavy atom. The number of hydrogen-bond acceptors (Lipinski definition) is 3. The largest absolute Gasteiger partial charge is 0.383 e. The van der Waals surface area contributed by atoms with Gasteiger partial charge in [0.2, 0.25) is 0 Å². The summed E-state index contributed by atoms with van der Waals surface area (Å²) in [7, 11) is 0. The van der Waals surface area contributed by atoms with Crippen molar-refractivity contribution < 1.29 is 0 Å². The van der Waals surface area contributed by atoms with Crippen LogP contribution in [0.2, 0.25) is 0 Å². The third kappa shape index (κ3) is 4.60. The lowest BCUT2D eigenvalue weighted by Gasteiger charge is -2.04. The molecule has 0 aliphatic carbocycles. The van der Waals surface area contributed by atoms with Gasteiger partial charge in [0, 0.05) is 18.8 Å². The molecule has 0 saturated heterocycles. The minimum Gasteiger partial charge on any atom is -0.383 e. The Labute approximate surface area is 96.6 Å². The molecule has 1 N–H and O–H groups in total. The van der Waals surface area contributed by atoms with E-state index in [0.29, 0.717) is 6.04 Å². The van der Waals surface area contributed by atoms with E-state index in [1.54, 1.807) is 0 Å². The van der Waals surface area contributed by atoms with Crippen LogP contribution in [0.3, 0.4) is 0 Å². The summed E-state index contributed by atoms with van der Waals surface area (Å²) in [5.41, 5.74) is 1.13. The van der Waals surface area contributed by atoms with Gasteiger partial charge in [0.25, 0.3) is 0 Å². The lowest BCUT2D eigenvalue weighted by molar-refractivity contribution is 0.532. The number of unbranched alkanes of at least 4 members (excludes halogenated alkanes) is 1. The molecule has 0 spiro atoms. The first-order valence-corrected chi connectivity index (χ1v) is 6.90. The molecule has 0 amide bonds. The molecule has 0 bridgehead atoms. The van der Waals surface area contributed by atoms with Gasteiger partial charge in [-0.05, 0) is 38.7 Å². The smallest absolute Gasteiger partial charge is 0.0726 e. The number of thioether (sulfide) groups is 1. The highest BCUT2D eigenvalue weighted by molar-refractivity contribution is 7.98. The number of aromatic nitrogens is 2. The number of nitrogens with zero attached hydrogens (tertiary/aromatic N) is 2. The highest BCUT2D eigenvalue weighted by atomic mass is 32.2. The minimum absolute atomic E-state index is 0.442. The van der Waals surface area contributed by atoms with Gasteiger partial charge in [-0.2, -0.15) is 16.9 Å². The zero-order chi connectivity index (χ0) is 11.1. The van der Waals surface area contributed by atoms with Crippen LogP contribution in [0.5, 0.6) is 0 Å². The van der Waals surface area contributed by atoms with E-state index in [1.807, 2.05) is 22.6 Å². The topological polar surface area (TPSA) is 29.9 Å². The summed E-state index contributed by atoms with van der Waals surface area (Å²) >= 11 is 1.91. The third-order valence-electron chi connectivity index (χ3n) is 2.23. The second-order valence-corrected chi connectivity index (χ2v) is 4.92. The van der Waals surface area contributed by atoms with Crippen LogP contribution in [-0.4, -0.2) is 28.3 Å². The van der Waals surface area contributed by atoms with E-state index in [4.69, 9.17) is 0 Å². The van der Waals surface area contributed by atoms with Gasteiger partial charge in [-0.3, -0.25) is 4.68 Å². The predicted molar refractivity (Wildman–Crippen MR) is 68.7 cm³/mol. The normalized spacial score (nSPS) is 10.9. The summed E-state index contributed by atoms with van der Waals surface area (Å²) in [6.07, 6.45) is 8.63. The lowest BCUT2D eigenvalue weighted by Crippen LogP contribution is -2.02. The summed E-state index contributed by atoms with van der Waals surface area (Å²) in [6.45, 7) is 5.31. The fourth-order valence-corrected chi connectivity index (χ4v) is 1.81. The van der Waals surface area contributed by atoms with Crippen molar-refractivity contribution >= 4 is 17.4 Å². The van der Waals surface area contributed by atoms with Gasteiger partial charge in [-0.1, -0.05) is 0 Å². The Hall–Kier alpha value is -0.640. The molecular weight excluding hydrogens is 206 g/mol. The van der Waals surface area contributed by atoms with Crippen molar-refractivity contribution in [2.24, 2.45) is 0 Å². The van der Waals surface area contributed by atoms with E-state index in [-0.39, 0.29) is 0 Å². The van der Waals surface area contributed by atoms with E-state index < -0.39 is 0 Å². The number of rotatable bonds is 7. The van der Waals surface area contributed by atoms with Crippen molar-refractivity contribution in [3.8, 4) is 0 Å². The van der Waals surface area contributed by atoms with Gasteiger partial charge in [-0.15, -0.1) is 0 Å². The molecular formula is C11H21N3S. The van der Waals surface area contributed by atoms with E-state index in [1.165, 1.54) is 18.6 Å². The van der Waals surface area contributed by atoms with Crippen molar-refractivity contribution in [2.45, 2.75) is 32.7 Å². The molecule has 1 rings (SSSR count). The maximum Gasteiger partial charge on any atom is 0.0726 e. The van der Waals surface area contributed by atoms with Crippen molar-refractivity contribution in [3.63, 3.8) is 0 Å². The van der Waals surface area contributed by atoms with Crippen molar-refractivity contribution in [1.82, 2.24) is 9.78 Å². The standard InChI is InChI=1S/C11H21N3S/c1-10(2)14-9-11(8-13-14)12-6-4-5-7-15-3/h8-10,12H,4-7H2,1-3H3. The van der Waals surface area contributed by atoms with Crippen LogP contribution in [0.15, 0.2) is 12.4 Å². The van der Waals surface area contributed by atoms with E-state index >= 15 is 0 Å².